The first kappa shape index (κ1) is 15.1. The minimum absolute atomic E-state index is 0.209. The number of ether oxygens (including phenoxy) is 1. The molecule has 1 aromatic carbocycles. The molecule has 4 nitrogen and oxygen atoms in total. The first-order valence-corrected chi connectivity index (χ1v) is 7.02. The highest BCUT2D eigenvalue weighted by Gasteiger charge is 2.30. The maximum atomic E-state index is 12.6. The van der Waals surface area contributed by atoms with Crippen molar-refractivity contribution >= 4 is 0 Å². The molecule has 0 bridgehead atoms. The van der Waals surface area contributed by atoms with Gasteiger partial charge in [0.25, 0.3) is 0 Å². The molecule has 1 aliphatic rings. The average molecular weight is 311 g/mol. The lowest BCUT2D eigenvalue weighted by Crippen LogP contribution is -2.37. The van der Waals surface area contributed by atoms with E-state index in [2.05, 4.69) is 15.1 Å². The molecule has 2 aromatic rings. The number of hydrogen-bond acceptors (Lipinski definition) is 3. The van der Waals surface area contributed by atoms with E-state index in [9.17, 15) is 13.2 Å². The van der Waals surface area contributed by atoms with Gasteiger partial charge in [-0.3, -0.25) is 10.00 Å². The Morgan fingerprint density at radius 3 is 2.64 bits per heavy atom. The maximum absolute atomic E-state index is 12.6. The van der Waals surface area contributed by atoms with E-state index in [1.165, 1.54) is 12.1 Å². The first-order chi connectivity index (χ1) is 10.5. The van der Waals surface area contributed by atoms with Crippen LogP contribution in [0.5, 0.6) is 0 Å². The summed E-state index contributed by atoms with van der Waals surface area (Å²) in [4.78, 5) is 2.19. The number of nitrogens with zero attached hydrogens (tertiary/aromatic N) is 2. The zero-order valence-electron chi connectivity index (χ0n) is 11.8. The highest BCUT2D eigenvalue weighted by Crippen LogP contribution is 2.31. The van der Waals surface area contributed by atoms with Gasteiger partial charge in [0.1, 0.15) is 0 Å². The summed E-state index contributed by atoms with van der Waals surface area (Å²) in [5.41, 5.74) is 1.14. The average Bonchev–Trinajstić information content (AvgIpc) is 3.00. The number of halogens is 3. The first-order valence-electron chi connectivity index (χ1n) is 7.02. The Bertz CT molecular complexity index is 595. The fourth-order valence-electron chi connectivity index (χ4n) is 2.55. The summed E-state index contributed by atoms with van der Waals surface area (Å²) >= 11 is 0. The number of rotatable bonds is 3. The zero-order valence-corrected chi connectivity index (χ0v) is 11.8. The number of aromatic amines is 1. The Morgan fingerprint density at radius 1 is 1.23 bits per heavy atom. The second kappa shape index (κ2) is 6.10. The van der Waals surface area contributed by atoms with E-state index in [0.29, 0.717) is 13.2 Å². The van der Waals surface area contributed by atoms with Crippen molar-refractivity contribution in [2.24, 2.45) is 0 Å². The molecule has 3 rings (SSSR count). The number of benzene rings is 1. The predicted molar refractivity (Wildman–Crippen MR) is 74.0 cm³/mol. The van der Waals surface area contributed by atoms with Gasteiger partial charge in [0.15, 0.2) is 0 Å². The molecule has 0 radical (unpaired) electrons. The number of alkyl halides is 3. The van der Waals surface area contributed by atoms with Crippen molar-refractivity contribution in [2.45, 2.75) is 18.8 Å². The summed E-state index contributed by atoms with van der Waals surface area (Å²) in [5, 5.41) is 6.81. The molecule has 1 N–H and O–H groups in total. The lowest BCUT2D eigenvalue weighted by Gasteiger charge is -2.32. The number of hydrogen-bond donors (Lipinski definition) is 1. The van der Waals surface area contributed by atoms with Crippen LogP contribution in [0, 0.1) is 0 Å². The Balaban J connectivity index is 1.66. The number of aromatic nitrogens is 2. The van der Waals surface area contributed by atoms with Gasteiger partial charge in [0.05, 0.1) is 18.3 Å². The normalized spacial score (nSPS) is 20.2. The van der Waals surface area contributed by atoms with Gasteiger partial charge in [-0.05, 0) is 23.8 Å². The summed E-state index contributed by atoms with van der Waals surface area (Å²) in [6, 6.07) is 7.10. The molecule has 0 spiro atoms. The smallest absolute Gasteiger partial charge is 0.371 e. The van der Waals surface area contributed by atoms with E-state index in [4.69, 9.17) is 4.74 Å². The molecule has 0 saturated carbocycles. The lowest BCUT2D eigenvalue weighted by atomic mass is 10.1. The van der Waals surface area contributed by atoms with Crippen LogP contribution in [0.1, 0.15) is 22.9 Å². The third kappa shape index (κ3) is 3.48. The van der Waals surface area contributed by atoms with Crippen LogP contribution in [0.2, 0.25) is 0 Å². The van der Waals surface area contributed by atoms with Crippen molar-refractivity contribution in [2.75, 3.05) is 19.7 Å². The topological polar surface area (TPSA) is 41.2 Å². The largest absolute Gasteiger partial charge is 0.416 e. The van der Waals surface area contributed by atoms with Gasteiger partial charge in [-0.25, -0.2) is 0 Å². The van der Waals surface area contributed by atoms with Gasteiger partial charge >= 0.3 is 6.18 Å². The fraction of sp³-hybridized carbons (Fsp3) is 0.400. The van der Waals surface area contributed by atoms with E-state index in [1.54, 1.807) is 6.20 Å². The van der Waals surface area contributed by atoms with Gasteiger partial charge in [0.2, 0.25) is 0 Å². The van der Waals surface area contributed by atoms with Gasteiger partial charge in [-0.2, -0.15) is 18.3 Å². The highest BCUT2D eigenvalue weighted by atomic mass is 19.4. The molecule has 1 atom stereocenters. The van der Waals surface area contributed by atoms with Crippen molar-refractivity contribution in [3.8, 4) is 0 Å². The third-order valence-corrected chi connectivity index (χ3v) is 3.71. The standard InChI is InChI=1S/C15H16F3N3O/c16-15(17,18)12-3-1-11(2-4-12)14-10-21(7-8-22-14)9-13-5-6-19-20-13/h1-6,14H,7-10H2,(H,19,20). The molecule has 118 valence electrons. The number of morpholine rings is 1. The molecule has 22 heavy (non-hydrogen) atoms. The fourth-order valence-corrected chi connectivity index (χ4v) is 2.55. The zero-order chi connectivity index (χ0) is 15.6. The molecule has 0 aliphatic carbocycles. The molecule has 2 heterocycles. The van der Waals surface area contributed by atoms with Crippen molar-refractivity contribution in [3.05, 3.63) is 53.3 Å². The highest BCUT2D eigenvalue weighted by molar-refractivity contribution is 5.26. The van der Waals surface area contributed by atoms with Crippen LogP contribution in [-0.4, -0.2) is 34.8 Å². The van der Waals surface area contributed by atoms with E-state index in [-0.39, 0.29) is 6.10 Å². The van der Waals surface area contributed by atoms with Crippen molar-refractivity contribution in [1.29, 1.82) is 0 Å². The van der Waals surface area contributed by atoms with Gasteiger partial charge in [-0.1, -0.05) is 12.1 Å². The van der Waals surface area contributed by atoms with Crippen molar-refractivity contribution in [1.82, 2.24) is 15.1 Å². The minimum Gasteiger partial charge on any atom is -0.371 e. The molecule has 1 aliphatic heterocycles. The number of H-pyrrole nitrogens is 1. The Morgan fingerprint density at radius 2 is 2.00 bits per heavy atom. The van der Waals surface area contributed by atoms with E-state index < -0.39 is 11.7 Å². The summed E-state index contributed by atoms with van der Waals surface area (Å²) < 4.78 is 43.5. The molecular formula is C15H16F3N3O. The van der Waals surface area contributed by atoms with E-state index >= 15 is 0 Å². The van der Waals surface area contributed by atoms with Crippen LogP contribution in [0.4, 0.5) is 13.2 Å². The predicted octanol–water partition coefficient (Wildman–Crippen LogP) is 3.00. The molecule has 1 saturated heterocycles. The van der Waals surface area contributed by atoms with E-state index in [1.807, 2.05) is 6.07 Å². The summed E-state index contributed by atoms with van der Waals surface area (Å²) in [5.74, 6) is 0. The van der Waals surface area contributed by atoms with Crippen LogP contribution < -0.4 is 0 Å². The van der Waals surface area contributed by atoms with Crippen LogP contribution in [0.15, 0.2) is 36.5 Å². The Hall–Kier alpha value is -1.86. The van der Waals surface area contributed by atoms with Crippen LogP contribution in [-0.2, 0) is 17.5 Å². The molecule has 1 aromatic heterocycles. The van der Waals surface area contributed by atoms with Crippen molar-refractivity contribution in [3.63, 3.8) is 0 Å². The molecule has 7 heteroatoms. The Kier molecular flexibility index (Phi) is 4.17. The second-order valence-electron chi connectivity index (χ2n) is 5.30. The van der Waals surface area contributed by atoms with Gasteiger partial charge in [0, 0.05) is 31.5 Å². The summed E-state index contributed by atoms with van der Waals surface area (Å²) in [6.45, 7) is 2.71. The molecule has 1 fully saturated rings. The molecule has 0 amide bonds. The maximum Gasteiger partial charge on any atom is 0.416 e. The van der Waals surface area contributed by atoms with Crippen LogP contribution >= 0.6 is 0 Å². The third-order valence-electron chi connectivity index (χ3n) is 3.71. The SMILES string of the molecule is FC(F)(F)c1ccc(C2CN(Cc3ccn[nH]3)CCO2)cc1. The monoisotopic (exact) mass is 311 g/mol. The lowest BCUT2D eigenvalue weighted by molar-refractivity contribution is -0.137. The number of nitrogens with one attached hydrogen (secondary N) is 1. The summed E-state index contributed by atoms with van der Waals surface area (Å²) in [6.07, 6.45) is -2.82. The Labute approximate surface area is 125 Å². The van der Waals surface area contributed by atoms with E-state index in [0.717, 1.165) is 36.5 Å². The molecule has 1 unspecified atom stereocenters. The molecular weight excluding hydrogens is 295 g/mol. The van der Waals surface area contributed by atoms with Gasteiger partial charge < -0.3 is 4.74 Å². The quantitative estimate of drug-likeness (QED) is 0.947. The van der Waals surface area contributed by atoms with Crippen LogP contribution in [0.3, 0.4) is 0 Å². The second-order valence-corrected chi connectivity index (χ2v) is 5.30. The minimum atomic E-state index is -4.31. The van der Waals surface area contributed by atoms with Gasteiger partial charge in [-0.15, -0.1) is 0 Å². The van der Waals surface area contributed by atoms with Crippen molar-refractivity contribution < 1.29 is 17.9 Å². The summed E-state index contributed by atoms with van der Waals surface area (Å²) in [7, 11) is 0. The van der Waals surface area contributed by atoms with Crippen LogP contribution in [0.25, 0.3) is 0 Å².